The van der Waals surface area contributed by atoms with Gasteiger partial charge in [-0.05, 0) is 29.5 Å². The van der Waals surface area contributed by atoms with Crippen molar-refractivity contribution in [2.24, 2.45) is 0 Å². The van der Waals surface area contributed by atoms with Gasteiger partial charge in [-0.2, -0.15) is 0 Å². The highest BCUT2D eigenvalue weighted by atomic mass is 32.1. The largest absolute Gasteiger partial charge is 0.324 e. The van der Waals surface area contributed by atoms with E-state index in [4.69, 9.17) is 0 Å². The van der Waals surface area contributed by atoms with Crippen molar-refractivity contribution in [2.75, 3.05) is 18.4 Å². The molecular formula is C15H16N2OS. The minimum absolute atomic E-state index is 0.0147. The molecule has 1 atom stereocenters. The summed E-state index contributed by atoms with van der Waals surface area (Å²) >= 11 is 1.55. The van der Waals surface area contributed by atoms with Gasteiger partial charge in [0.15, 0.2) is 0 Å². The van der Waals surface area contributed by atoms with Gasteiger partial charge in [-0.25, -0.2) is 4.79 Å². The van der Waals surface area contributed by atoms with E-state index < -0.39 is 0 Å². The van der Waals surface area contributed by atoms with Gasteiger partial charge in [0, 0.05) is 19.0 Å². The molecule has 1 unspecified atom stereocenters. The number of hydrogen-bond acceptors (Lipinski definition) is 2. The molecule has 0 radical (unpaired) electrons. The average molecular weight is 272 g/mol. The molecule has 1 fully saturated rings. The van der Waals surface area contributed by atoms with Crippen LogP contribution in [0.25, 0.3) is 0 Å². The van der Waals surface area contributed by atoms with Crippen molar-refractivity contribution in [3.63, 3.8) is 0 Å². The highest BCUT2D eigenvalue weighted by Gasteiger charge is 2.27. The lowest BCUT2D eigenvalue weighted by atomic mass is 9.99. The van der Waals surface area contributed by atoms with Gasteiger partial charge >= 0.3 is 6.03 Å². The van der Waals surface area contributed by atoms with E-state index in [1.165, 1.54) is 5.56 Å². The third-order valence-electron chi connectivity index (χ3n) is 3.50. The van der Waals surface area contributed by atoms with Crippen LogP contribution in [0, 0.1) is 0 Å². The zero-order valence-electron chi connectivity index (χ0n) is 10.6. The minimum Gasteiger partial charge on any atom is -0.324 e. The summed E-state index contributed by atoms with van der Waals surface area (Å²) in [7, 11) is 0. The predicted molar refractivity (Wildman–Crippen MR) is 78.7 cm³/mol. The lowest BCUT2D eigenvalue weighted by Crippen LogP contribution is -2.32. The third-order valence-corrected chi connectivity index (χ3v) is 4.28. The van der Waals surface area contributed by atoms with Crippen LogP contribution in [0.2, 0.25) is 0 Å². The Kier molecular flexibility index (Phi) is 3.51. The van der Waals surface area contributed by atoms with Gasteiger partial charge < -0.3 is 4.90 Å². The molecule has 1 aromatic carbocycles. The van der Waals surface area contributed by atoms with Gasteiger partial charge in [0.1, 0.15) is 0 Å². The standard InChI is InChI=1S/C15H16N2OS/c18-15(16-14-7-4-10-19-14)17-9-8-13(11-17)12-5-2-1-3-6-12/h1-7,10,13H,8-9,11H2,(H,16,18). The number of carbonyl (C=O) groups excluding carboxylic acids is 1. The summed E-state index contributed by atoms with van der Waals surface area (Å²) in [5, 5.41) is 5.82. The van der Waals surface area contributed by atoms with Gasteiger partial charge in [-0.1, -0.05) is 30.3 Å². The van der Waals surface area contributed by atoms with Crippen LogP contribution < -0.4 is 5.32 Å². The molecule has 1 aromatic heterocycles. The van der Waals surface area contributed by atoms with Crippen molar-refractivity contribution >= 4 is 22.4 Å². The number of thiophene rings is 1. The number of carbonyl (C=O) groups is 1. The first kappa shape index (κ1) is 12.2. The molecule has 2 amide bonds. The fourth-order valence-corrected chi connectivity index (χ4v) is 3.08. The Labute approximate surface area is 116 Å². The summed E-state index contributed by atoms with van der Waals surface area (Å²) in [5.41, 5.74) is 1.33. The summed E-state index contributed by atoms with van der Waals surface area (Å²) in [6.45, 7) is 1.64. The van der Waals surface area contributed by atoms with Gasteiger partial charge in [0.25, 0.3) is 0 Å². The Bertz CT molecular complexity index is 539. The molecule has 0 spiro atoms. The molecule has 0 aliphatic carbocycles. The summed E-state index contributed by atoms with van der Waals surface area (Å²) in [5.74, 6) is 0.468. The summed E-state index contributed by atoms with van der Waals surface area (Å²) in [4.78, 5) is 14.0. The maximum atomic E-state index is 12.1. The Morgan fingerprint density at radius 3 is 2.79 bits per heavy atom. The Morgan fingerprint density at radius 2 is 2.05 bits per heavy atom. The van der Waals surface area contributed by atoms with Crippen LogP contribution >= 0.6 is 11.3 Å². The van der Waals surface area contributed by atoms with Gasteiger partial charge in [0.2, 0.25) is 0 Å². The molecular weight excluding hydrogens is 256 g/mol. The minimum atomic E-state index is 0.0147. The molecule has 0 saturated carbocycles. The fraction of sp³-hybridized carbons (Fsp3) is 0.267. The number of amides is 2. The zero-order chi connectivity index (χ0) is 13.1. The molecule has 1 aliphatic heterocycles. The first-order valence-electron chi connectivity index (χ1n) is 6.47. The molecule has 1 aliphatic rings. The number of hydrogen-bond donors (Lipinski definition) is 1. The van der Waals surface area contributed by atoms with E-state index in [9.17, 15) is 4.79 Å². The molecule has 2 heterocycles. The van der Waals surface area contributed by atoms with Crippen molar-refractivity contribution in [3.8, 4) is 0 Å². The number of nitrogens with zero attached hydrogens (tertiary/aromatic N) is 1. The Morgan fingerprint density at radius 1 is 1.21 bits per heavy atom. The van der Waals surface area contributed by atoms with Crippen LogP contribution in [0.4, 0.5) is 9.80 Å². The zero-order valence-corrected chi connectivity index (χ0v) is 11.4. The van der Waals surface area contributed by atoms with Crippen molar-refractivity contribution < 1.29 is 4.79 Å². The molecule has 98 valence electrons. The topological polar surface area (TPSA) is 32.3 Å². The molecule has 2 aromatic rings. The monoisotopic (exact) mass is 272 g/mol. The van der Waals surface area contributed by atoms with Crippen LogP contribution in [0.15, 0.2) is 47.8 Å². The number of anilines is 1. The quantitative estimate of drug-likeness (QED) is 0.886. The van der Waals surface area contributed by atoms with Crippen LogP contribution in [-0.4, -0.2) is 24.0 Å². The smallest absolute Gasteiger partial charge is 0.322 e. The first-order valence-corrected chi connectivity index (χ1v) is 7.35. The number of nitrogens with one attached hydrogen (secondary N) is 1. The van der Waals surface area contributed by atoms with Gasteiger partial charge in [-0.3, -0.25) is 5.32 Å². The number of benzene rings is 1. The van der Waals surface area contributed by atoms with Crippen LogP contribution in [0.1, 0.15) is 17.9 Å². The average Bonchev–Trinajstić information content (AvgIpc) is 3.10. The van der Waals surface area contributed by atoms with E-state index in [2.05, 4.69) is 29.6 Å². The van der Waals surface area contributed by atoms with E-state index in [-0.39, 0.29) is 6.03 Å². The molecule has 3 nitrogen and oxygen atoms in total. The van der Waals surface area contributed by atoms with Gasteiger partial charge in [0.05, 0.1) is 5.00 Å². The SMILES string of the molecule is O=C(Nc1cccs1)N1CCC(c2ccccc2)C1. The lowest BCUT2D eigenvalue weighted by molar-refractivity contribution is 0.222. The van der Waals surface area contributed by atoms with E-state index in [0.717, 1.165) is 24.5 Å². The van der Waals surface area contributed by atoms with E-state index in [1.807, 2.05) is 28.5 Å². The van der Waals surface area contributed by atoms with Crippen LogP contribution in [0.3, 0.4) is 0 Å². The first-order chi connectivity index (χ1) is 9.33. The van der Waals surface area contributed by atoms with Crippen molar-refractivity contribution in [3.05, 3.63) is 53.4 Å². The van der Waals surface area contributed by atoms with E-state index in [0.29, 0.717) is 5.92 Å². The predicted octanol–water partition coefficient (Wildman–Crippen LogP) is 3.77. The van der Waals surface area contributed by atoms with E-state index >= 15 is 0 Å². The molecule has 1 saturated heterocycles. The number of rotatable bonds is 2. The lowest BCUT2D eigenvalue weighted by Gasteiger charge is -2.16. The maximum Gasteiger partial charge on any atom is 0.322 e. The summed E-state index contributed by atoms with van der Waals surface area (Å²) in [6, 6.07) is 14.3. The maximum absolute atomic E-state index is 12.1. The third kappa shape index (κ3) is 2.79. The molecule has 3 rings (SSSR count). The number of urea groups is 1. The van der Waals surface area contributed by atoms with Crippen molar-refractivity contribution in [1.29, 1.82) is 0 Å². The van der Waals surface area contributed by atoms with Crippen LogP contribution in [-0.2, 0) is 0 Å². The van der Waals surface area contributed by atoms with Crippen molar-refractivity contribution in [1.82, 2.24) is 4.90 Å². The highest BCUT2D eigenvalue weighted by molar-refractivity contribution is 7.14. The molecule has 1 N–H and O–H groups in total. The molecule has 0 bridgehead atoms. The second-order valence-corrected chi connectivity index (χ2v) is 5.70. The molecule has 4 heteroatoms. The number of likely N-dealkylation sites (tertiary alicyclic amines) is 1. The fourth-order valence-electron chi connectivity index (χ4n) is 2.48. The second-order valence-electron chi connectivity index (χ2n) is 4.75. The summed E-state index contributed by atoms with van der Waals surface area (Å²) in [6.07, 6.45) is 1.04. The van der Waals surface area contributed by atoms with Crippen molar-refractivity contribution in [2.45, 2.75) is 12.3 Å². The highest BCUT2D eigenvalue weighted by Crippen LogP contribution is 2.27. The van der Waals surface area contributed by atoms with E-state index in [1.54, 1.807) is 11.3 Å². The Balaban J connectivity index is 1.61. The van der Waals surface area contributed by atoms with Crippen LogP contribution in [0.5, 0.6) is 0 Å². The summed E-state index contributed by atoms with van der Waals surface area (Å²) < 4.78 is 0. The van der Waals surface area contributed by atoms with Gasteiger partial charge in [-0.15, -0.1) is 11.3 Å². The second kappa shape index (κ2) is 5.45. The molecule has 19 heavy (non-hydrogen) atoms. The normalized spacial score (nSPS) is 18.5. The Hall–Kier alpha value is -1.81.